The van der Waals surface area contributed by atoms with Crippen molar-refractivity contribution in [2.45, 2.75) is 20.8 Å². The Labute approximate surface area is 96.9 Å². The van der Waals surface area contributed by atoms with Gasteiger partial charge in [-0.3, -0.25) is 4.99 Å². The molecule has 2 nitrogen and oxygen atoms in total. The van der Waals surface area contributed by atoms with Crippen LogP contribution in [0.4, 0.5) is 5.69 Å². The van der Waals surface area contributed by atoms with Gasteiger partial charge in [-0.25, -0.2) is 0 Å². The summed E-state index contributed by atoms with van der Waals surface area (Å²) in [7, 11) is 0. The maximum atomic E-state index is 5.88. The average molecular weight is 212 g/mol. The van der Waals surface area contributed by atoms with Gasteiger partial charge in [-0.1, -0.05) is 24.1 Å². The fourth-order valence-corrected chi connectivity index (χ4v) is 1.28. The van der Waals surface area contributed by atoms with Gasteiger partial charge in [-0.2, -0.15) is 0 Å². The number of hydrogen-bond acceptors (Lipinski definition) is 2. The van der Waals surface area contributed by atoms with Crippen molar-refractivity contribution in [3.63, 3.8) is 0 Å². The number of allylic oxidation sites excluding steroid dienone is 2. The Morgan fingerprint density at radius 2 is 1.94 bits per heavy atom. The lowest BCUT2D eigenvalue weighted by molar-refractivity contribution is 1.32. The van der Waals surface area contributed by atoms with Crippen LogP contribution in [-0.4, -0.2) is 5.71 Å². The smallest absolute Gasteiger partial charge is 0.0662 e. The highest BCUT2D eigenvalue weighted by atomic mass is 14.8. The van der Waals surface area contributed by atoms with Crippen LogP contribution in [0.2, 0.25) is 0 Å². The van der Waals surface area contributed by atoms with Gasteiger partial charge < -0.3 is 5.73 Å². The molecule has 0 aliphatic heterocycles. The van der Waals surface area contributed by atoms with Gasteiger partial charge in [0.2, 0.25) is 0 Å². The van der Waals surface area contributed by atoms with Crippen molar-refractivity contribution in [3.05, 3.63) is 41.1 Å². The highest BCUT2D eigenvalue weighted by molar-refractivity contribution is 6.00. The molecule has 82 valence electrons. The molecule has 1 aromatic rings. The van der Waals surface area contributed by atoms with Crippen molar-refractivity contribution in [1.82, 2.24) is 0 Å². The summed E-state index contributed by atoms with van der Waals surface area (Å²) < 4.78 is 0. The Morgan fingerprint density at radius 3 is 2.50 bits per heavy atom. The molecule has 0 amide bonds. The third kappa shape index (κ3) is 2.74. The Morgan fingerprint density at radius 1 is 1.31 bits per heavy atom. The molecule has 16 heavy (non-hydrogen) atoms. The van der Waals surface area contributed by atoms with E-state index in [0.29, 0.717) is 5.70 Å². The monoisotopic (exact) mass is 212 g/mol. The SMILES string of the molecule is C#C/C(C)=C(/N)C(C)=Nc1ccccc1C. The van der Waals surface area contributed by atoms with Crippen molar-refractivity contribution in [3.8, 4) is 12.3 Å². The van der Waals surface area contributed by atoms with E-state index in [9.17, 15) is 0 Å². The van der Waals surface area contributed by atoms with Crippen LogP contribution < -0.4 is 5.73 Å². The van der Waals surface area contributed by atoms with Crippen LogP contribution in [0, 0.1) is 19.3 Å². The summed E-state index contributed by atoms with van der Waals surface area (Å²) in [6.07, 6.45) is 5.29. The summed E-state index contributed by atoms with van der Waals surface area (Å²) in [4.78, 5) is 4.47. The van der Waals surface area contributed by atoms with Gasteiger partial charge >= 0.3 is 0 Å². The normalized spacial score (nSPS) is 13.0. The summed E-state index contributed by atoms with van der Waals surface area (Å²) in [6, 6.07) is 7.90. The third-order valence-corrected chi connectivity index (χ3v) is 2.41. The van der Waals surface area contributed by atoms with E-state index < -0.39 is 0 Å². The van der Waals surface area contributed by atoms with Gasteiger partial charge in [0.1, 0.15) is 0 Å². The highest BCUT2D eigenvalue weighted by Gasteiger charge is 2.01. The van der Waals surface area contributed by atoms with Crippen molar-refractivity contribution in [2.75, 3.05) is 0 Å². The molecular weight excluding hydrogens is 196 g/mol. The Balaban J connectivity index is 3.13. The summed E-state index contributed by atoms with van der Waals surface area (Å²) in [5.41, 5.74) is 9.96. The van der Waals surface area contributed by atoms with Gasteiger partial charge in [0.15, 0.2) is 0 Å². The molecule has 0 aliphatic rings. The number of hydrogen-bond donors (Lipinski definition) is 1. The zero-order chi connectivity index (χ0) is 12.1. The maximum Gasteiger partial charge on any atom is 0.0662 e. The first-order valence-electron chi connectivity index (χ1n) is 5.10. The predicted molar refractivity (Wildman–Crippen MR) is 69.7 cm³/mol. The van der Waals surface area contributed by atoms with E-state index in [1.165, 1.54) is 0 Å². The highest BCUT2D eigenvalue weighted by Crippen LogP contribution is 2.18. The molecule has 0 spiro atoms. The van der Waals surface area contributed by atoms with Crippen LogP contribution in [0.5, 0.6) is 0 Å². The summed E-state index contributed by atoms with van der Waals surface area (Å²) in [5.74, 6) is 2.52. The molecule has 0 atom stereocenters. The standard InChI is InChI=1S/C14H16N2/c1-5-10(2)14(15)12(4)16-13-9-7-6-8-11(13)3/h1,6-9H,15H2,2-4H3/b14-10+,16-12?. The first-order valence-corrected chi connectivity index (χ1v) is 5.10. The van der Waals surface area contributed by atoms with Gasteiger partial charge in [-0.15, -0.1) is 6.42 Å². The fourth-order valence-electron chi connectivity index (χ4n) is 1.28. The molecule has 0 aromatic heterocycles. The Hall–Kier alpha value is -2.01. The molecule has 0 radical (unpaired) electrons. The number of nitrogens with two attached hydrogens (primary N) is 1. The first kappa shape index (κ1) is 12.1. The maximum absolute atomic E-state index is 5.88. The Bertz CT molecular complexity index is 488. The lowest BCUT2D eigenvalue weighted by atomic mass is 10.1. The zero-order valence-electron chi connectivity index (χ0n) is 9.91. The summed E-state index contributed by atoms with van der Waals surface area (Å²) in [5, 5.41) is 0. The molecule has 0 saturated heterocycles. The number of rotatable bonds is 2. The number of para-hydroxylation sites is 1. The van der Waals surface area contributed by atoms with Crippen LogP contribution in [0.15, 0.2) is 40.5 Å². The van der Waals surface area contributed by atoms with Crippen LogP contribution in [0.3, 0.4) is 0 Å². The van der Waals surface area contributed by atoms with Crippen molar-refractivity contribution >= 4 is 11.4 Å². The molecule has 0 aliphatic carbocycles. The molecule has 2 N–H and O–H groups in total. The van der Waals surface area contributed by atoms with Crippen LogP contribution in [-0.2, 0) is 0 Å². The molecule has 0 heterocycles. The molecule has 0 fully saturated rings. The van der Waals surface area contributed by atoms with Crippen LogP contribution >= 0.6 is 0 Å². The second-order valence-corrected chi connectivity index (χ2v) is 3.67. The largest absolute Gasteiger partial charge is 0.397 e. The average Bonchev–Trinajstić information content (AvgIpc) is 2.30. The van der Waals surface area contributed by atoms with Crippen molar-refractivity contribution < 1.29 is 0 Å². The van der Waals surface area contributed by atoms with Gasteiger partial charge in [0.05, 0.1) is 17.1 Å². The third-order valence-electron chi connectivity index (χ3n) is 2.41. The van der Waals surface area contributed by atoms with E-state index in [1.807, 2.05) is 45.0 Å². The zero-order valence-corrected chi connectivity index (χ0v) is 9.91. The number of benzene rings is 1. The van der Waals surface area contributed by atoms with E-state index in [2.05, 4.69) is 10.9 Å². The molecule has 0 saturated carbocycles. The summed E-state index contributed by atoms with van der Waals surface area (Å²) >= 11 is 0. The van der Waals surface area contributed by atoms with E-state index in [0.717, 1.165) is 22.5 Å². The molecule has 1 aromatic carbocycles. The number of terminal acetylenes is 1. The van der Waals surface area contributed by atoms with Gasteiger partial charge in [-0.05, 0) is 32.4 Å². The van der Waals surface area contributed by atoms with Gasteiger partial charge in [0, 0.05) is 5.57 Å². The van der Waals surface area contributed by atoms with E-state index in [1.54, 1.807) is 0 Å². The lowest BCUT2D eigenvalue weighted by Gasteiger charge is -2.04. The van der Waals surface area contributed by atoms with Crippen molar-refractivity contribution in [1.29, 1.82) is 0 Å². The Kier molecular flexibility index (Phi) is 3.90. The van der Waals surface area contributed by atoms with E-state index >= 15 is 0 Å². The topological polar surface area (TPSA) is 38.4 Å². The fraction of sp³-hybridized carbons (Fsp3) is 0.214. The van der Waals surface area contributed by atoms with Gasteiger partial charge in [0.25, 0.3) is 0 Å². The molecule has 1 rings (SSSR count). The molecule has 0 unspecified atom stereocenters. The molecule has 0 bridgehead atoms. The summed E-state index contributed by atoms with van der Waals surface area (Å²) in [6.45, 7) is 5.69. The first-order chi connectivity index (χ1) is 7.56. The second-order valence-electron chi connectivity index (χ2n) is 3.67. The van der Waals surface area contributed by atoms with E-state index in [-0.39, 0.29) is 0 Å². The minimum atomic E-state index is 0.575. The van der Waals surface area contributed by atoms with E-state index in [4.69, 9.17) is 12.2 Å². The lowest BCUT2D eigenvalue weighted by Crippen LogP contribution is -2.09. The predicted octanol–water partition coefficient (Wildman–Crippen LogP) is 2.95. The number of aliphatic imine (C=N–C) groups is 1. The van der Waals surface area contributed by atoms with Crippen LogP contribution in [0.1, 0.15) is 19.4 Å². The minimum absolute atomic E-state index is 0.575. The number of nitrogens with zero attached hydrogens (tertiary/aromatic N) is 1. The quantitative estimate of drug-likeness (QED) is 0.594. The molecular formula is C14H16N2. The van der Waals surface area contributed by atoms with Crippen molar-refractivity contribution in [2.24, 2.45) is 10.7 Å². The minimum Gasteiger partial charge on any atom is -0.397 e. The molecule has 2 heteroatoms. The van der Waals surface area contributed by atoms with Crippen LogP contribution in [0.25, 0.3) is 0 Å². The number of aryl methyl sites for hydroxylation is 1. The second kappa shape index (κ2) is 5.18.